The molecule has 0 saturated carbocycles. The van der Waals surface area contributed by atoms with Crippen molar-refractivity contribution in [2.24, 2.45) is 0 Å². The van der Waals surface area contributed by atoms with Crippen LogP contribution in [0.1, 0.15) is 6.92 Å². The van der Waals surface area contributed by atoms with Crippen LogP contribution in [0.25, 0.3) is 16.9 Å². The van der Waals surface area contributed by atoms with Crippen LogP contribution < -0.4 is 4.74 Å². The molecular weight excluding hydrogens is 423 g/mol. The minimum Gasteiger partial charge on any atom is -0.495 e. The number of hydrogen-bond donors (Lipinski definition) is 0. The molecule has 0 aliphatic rings. The van der Waals surface area contributed by atoms with Crippen LogP contribution in [0.15, 0.2) is 53.4 Å². The summed E-state index contributed by atoms with van der Waals surface area (Å²) in [5, 5.41) is 5.10. The summed E-state index contributed by atoms with van der Waals surface area (Å²) in [6, 6.07) is 14.0. The number of esters is 1. The number of hydrogen-bond acceptors (Lipinski definition) is 5. The minimum atomic E-state index is -1.43. The summed E-state index contributed by atoms with van der Waals surface area (Å²) < 4.78 is 23.8. The zero-order chi connectivity index (χ0) is 20.3. The fourth-order valence-corrected chi connectivity index (χ4v) is 3.80. The molecule has 146 valence electrons. The standard InChI is InChI=1S/C19H16Cl2N2O4S/c1-12(24)27-11-28(25)15-6-3-13(4-7-15)17-10-19(21)22-23(17)14-5-8-18(26-2)16(20)9-14/h3-10H,11H2,1-2H3. The quantitative estimate of drug-likeness (QED) is 0.530. The molecular formula is C19H16Cl2N2O4S. The molecule has 0 saturated heterocycles. The van der Waals surface area contributed by atoms with Gasteiger partial charge in [0.05, 0.1) is 34.3 Å². The van der Waals surface area contributed by atoms with Crippen molar-refractivity contribution in [1.29, 1.82) is 0 Å². The predicted molar refractivity (Wildman–Crippen MR) is 109 cm³/mol. The van der Waals surface area contributed by atoms with Gasteiger partial charge in [-0.1, -0.05) is 35.3 Å². The molecule has 0 aliphatic heterocycles. The molecule has 1 aromatic heterocycles. The monoisotopic (exact) mass is 438 g/mol. The summed E-state index contributed by atoms with van der Waals surface area (Å²) >= 11 is 12.4. The van der Waals surface area contributed by atoms with E-state index in [1.54, 1.807) is 54.3 Å². The Bertz CT molecular complexity index is 1030. The second-order valence-electron chi connectivity index (χ2n) is 5.71. The number of ether oxygens (including phenoxy) is 2. The molecule has 1 unspecified atom stereocenters. The summed E-state index contributed by atoms with van der Waals surface area (Å²) in [7, 11) is 0.111. The fourth-order valence-electron chi connectivity index (χ4n) is 2.52. The number of carbonyl (C=O) groups is 1. The van der Waals surface area contributed by atoms with E-state index < -0.39 is 16.8 Å². The average molecular weight is 439 g/mol. The van der Waals surface area contributed by atoms with Crippen molar-refractivity contribution < 1.29 is 18.5 Å². The Kier molecular flexibility index (Phi) is 6.39. The van der Waals surface area contributed by atoms with Gasteiger partial charge in [0, 0.05) is 23.4 Å². The Morgan fingerprint density at radius 2 is 1.86 bits per heavy atom. The van der Waals surface area contributed by atoms with E-state index in [1.807, 2.05) is 6.07 Å². The molecule has 0 bridgehead atoms. The van der Waals surface area contributed by atoms with Gasteiger partial charge < -0.3 is 9.47 Å². The predicted octanol–water partition coefficient (Wildman–Crippen LogP) is 4.48. The number of halogens is 2. The highest BCUT2D eigenvalue weighted by atomic mass is 35.5. The van der Waals surface area contributed by atoms with Crippen LogP contribution in [-0.4, -0.2) is 33.0 Å². The van der Waals surface area contributed by atoms with E-state index in [0.29, 0.717) is 20.8 Å². The van der Waals surface area contributed by atoms with Crippen LogP contribution >= 0.6 is 23.2 Å². The topological polar surface area (TPSA) is 70.4 Å². The van der Waals surface area contributed by atoms with Crippen LogP contribution in [0.3, 0.4) is 0 Å². The molecule has 0 radical (unpaired) electrons. The van der Waals surface area contributed by atoms with Gasteiger partial charge in [-0.3, -0.25) is 9.00 Å². The molecule has 0 spiro atoms. The van der Waals surface area contributed by atoms with Crippen molar-refractivity contribution in [3.8, 4) is 22.7 Å². The molecule has 0 aliphatic carbocycles. The first-order valence-corrected chi connectivity index (χ1v) is 10.2. The van der Waals surface area contributed by atoms with Crippen molar-refractivity contribution in [1.82, 2.24) is 9.78 Å². The molecule has 0 amide bonds. The van der Waals surface area contributed by atoms with E-state index in [2.05, 4.69) is 5.10 Å². The number of aromatic nitrogens is 2. The minimum absolute atomic E-state index is 0.178. The van der Waals surface area contributed by atoms with Gasteiger partial charge in [0.25, 0.3) is 0 Å². The van der Waals surface area contributed by atoms with E-state index in [-0.39, 0.29) is 5.94 Å². The van der Waals surface area contributed by atoms with Crippen LogP contribution in [0, 0.1) is 0 Å². The van der Waals surface area contributed by atoms with Crippen molar-refractivity contribution in [3.05, 3.63) is 58.7 Å². The van der Waals surface area contributed by atoms with E-state index >= 15 is 0 Å². The van der Waals surface area contributed by atoms with E-state index in [1.165, 1.54) is 6.92 Å². The number of nitrogens with zero attached hydrogens (tertiary/aromatic N) is 2. The maximum Gasteiger partial charge on any atom is 0.303 e. The highest BCUT2D eigenvalue weighted by molar-refractivity contribution is 7.84. The van der Waals surface area contributed by atoms with Gasteiger partial charge in [-0.2, -0.15) is 5.10 Å². The Morgan fingerprint density at radius 3 is 2.46 bits per heavy atom. The third kappa shape index (κ3) is 4.55. The summed E-state index contributed by atoms with van der Waals surface area (Å²) in [4.78, 5) is 11.4. The zero-order valence-electron chi connectivity index (χ0n) is 15.0. The Hall–Kier alpha value is -2.35. The van der Waals surface area contributed by atoms with Crippen LogP contribution in [0.2, 0.25) is 10.2 Å². The fraction of sp³-hybridized carbons (Fsp3) is 0.158. The normalized spacial score (nSPS) is 11.9. The highest BCUT2D eigenvalue weighted by Crippen LogP contribution is 2.31. The molecule has 9 heteroatoms. The Balaban J connectivity index is 1.92. The van der Waals surface area contributed by atoms with Crippen molar-refractivity contribution in [3.63, 3.8) is 0 Å². The van der Waals surface area contributed by atoms with Gasteiger partial charge >= 0.3 is 5.97 Å². The maximum atomic E-state index is 12.2. The summed E-state index contributed by atoms with van der Waals surface area (Å²) in [6.45, 7) is 1.27. The van der Waals surface area contributed by atoms with Gasteiger partial charge in [-0.25, -0.2) is 4.68 Å². The van der Waals surface area contributed by atoms with Gasteiger partial charge in [-0.05, 0) is 30.3 Å². The van der Waals surface area contributed by atoms with E-state index in [9.17, 15) is 9.00 Å². The first-order valence-electron chi connectivity index (χ1n) is 8.10. The van der Waals surface area contributed by atoms with Gasteiger partial charge in [0.15, 0.2) is 11.1 Å². The molecule has 2 aromatic carbocycles. The first kappa shape index (κ1) is 20.4. The number of benzene rings is 2. The second-order valence-corrected chi connectivity index (χ2v) is 7.90. The molecule has 1 atom stereocenters. The Morgan fingerprint density at radius 1 is 1.14 bits per heavy atom. The van der Waals surface area contributed by atoms with E-state index in [4.69, 9.17) is 32.7 Å². The lowest BCUT2D eigenvalue weighted by molar-refractivity contribution is -0.138. The van der Waals surface area contributed by atoms with Gasteiger partial charge in [0.2, 0.25) is 0 Å². The average Bonchev–Trinajstić information content (AvgIpc) is 3.08. The van der Waals surface area contributed by atoms with Crippen LogP contribution in [0.5, 0.6) is 5.75 Å². The molecule has 28 heavy (non-hydrogen) atoms. The molecule has 6 nitrogen and oxygen atoms in total. The zero-order valence-corrected chi connectivity index (χ0v) is 17.3. The van der Waals surface area contributed by atoms with Crippen LogP contribution in [0.4, 0.5) is 0 Å². The second kappa shape index (κ2) is 8.77. The smallest absolute Gasteiger partial charge is 0.303 e. The van der Waals surface area contributed by atoms with Gasteiger partial charge in [0.1, 0.15) is 5.75 Å². The van der Waals surface area contributed by atoms with Gasteiger partial charge in [-0.15, -0.1) is 0 Å². The molecule has 3 rings (SSSR count). The lowest BCUT2D eigenvalue weighted by Gasteiger charge is -2.10. The first-order chi connectivity index (χ1) is 13.4. The molecule has 3 aromatic rings. The number of carbonyl (C=O) groups excluding carboxylic acids is 1. The highest BCUT2D eigenvalue weighted by Gasteiger charge is 2.14. The number of methoxy groups -OCH3 is 1. The van der Waals surface area contributed by atoms with Crippen molar-refractivity contribution >= 4 is 40.0 Å². The third-order valence-electron chi connectivity index (χ3n) is 3.84. The molecule has 0 N–H and O–H groups in total. The Labute approximate surface area is 174 Å². The SMILES string of the molecule is COc1ccc(-n2nc(Cl)cc2-c2ccc(S(=O)COC(C)=O)cc2)cc1Cl. The summed E-state index contributed by atoms with van der Waals surface area (Å²) in [5.41, 5.74) is 2.28. The van der Waals surface area contributed by atoms with E-state index in [0.717, 1.165) is 16.9 Å². The van der Waals surface area contributed by atoms with Crippen molar-refractivity contribution in [2.75, 3.05) is 13.0 Å². The number of rotatable bonds is 6. The third-order valence-corrected chi connectivity index (χ3v) is 5.45. The summed E-state index contributed by atoms with van der Waals surface area (Å²) in [5.74, 6) is -0.0884. The summed E-state index contributed by atoms with van der Waals surface area (Å²) in [6.07, 6.45) is 0. The lowest BCUT2D eigenvalue weighted by Crippen LogP contribution is -2.06. The van der Waals surface area contributed by atoms with Crippen LogP contribution in [-0.2, 0) is 20.3 Å². The lowest BCUT2D eigenvalue weighted by atomic mass is 10.1. The maximum absolute atomic E-state index is 12.2. The molecule has 1 heterocycles. The largest absolute Gasteiger partial charge is 0.495 e. The molecule has 0 fully saturated rings. The van der Waals surface area contributed by atoms with Crippen molar-refractivity contribution in [2.45, 2.75) is 11.8 Å².